The maximum absolute atomic E-state index is 10.9. The molecule has 1 heterocycles. The first kappa shape index (κ1) is 12.5. The van der Waals surface area contributed by atoms with Crippen LogP contribution in [0.2, 0.25) is 0 Å². The van der Waals surface area contributed by atoms with Crippen LogP contribution in [0, 0.1) is 10.1 Å². The highest BCUT2D eigenvalue weighted by atomic mass is 32.1. The Morgan fingerprint density at radius 3 is 2.61 bits per heavy atom. The second-order valence-electron chi connectivity index (χ2n) is 3.67. The predicted octanol–water partition coefficient (Wildman–Crippen LogP) is 3.50. The zero-order valence-electron chi connectivity index (χ0n) is 9.57. The normalized spacial score (nSPS) is 12.1. The van der Waals surface area contributed by atoms with Gasteiger partial charge in [-0.05, 0) is 19.1 Å². The van der Waals surface area contributed by atoms with Crippen molar-refractivity contribution in [2.45, 2.75) is 13.0 Å². The zero-order valence-corrected chi connectivity index (χ0v) is 10.4. The van der Waals surface area contributed by atoms with E-state index in [2.05, 4.69) is 0 Å². The van der Waals surface area contributed by atoms with Gasteiger partial charge < -0.3 is 9.84 Å². The van der Waals surface area contributed by atoms with E-state index in [1.54, 1.807) is 31.2 Å². The summed E-state index contributed by atoms with van der Waals surface area (Å²) in [6.45, 7) is 1.56. The number of ether oxygens (including phenoxy) is 1. The van der Waals surface area contributed by atoms with Crippen molar-refractivity contribution in [3.63, 3.8) is 0 Å². The topological polar surface area (TPSA) is 72.6 Å². The standard InChI is InChI=1S/C12H11NO4S/c1-8(14)11-7-10(13(15)16)12(18-11)17-9-5-3-2-4-6-9/h2-8,14H,1H3. The lowest BCUT2D eigenvalue weighted by Gasteiger charge is -2.01. The molecule has 2 rings (SSSR count). The van der Waals surface area contributed by atoms with Gasteiger partial charge >= 0.3 is 5.69 Å². The maximum Gasteiger partial charge on any atom is 0.323 e. The smallest absolute Gasteiger partial charge is 0.323 e. The Balaban J connectivity index is 2.34. The van der Waals surface area contributed by atoms with Crippen molar-refractivity contribution in [3.05, 3.63) is 51.4 Å². The van der Waals surface area contributed by atoms with E-state index >= 15 is 0 Å². The van der Waals surface area contributed by atoms with Gasteiger partial charge in [0.25, 0.3) is 5.06 Å². The Kier molecular flexibility index (Phi) is 3.59. The minimum absolute atomic E-state index is 0.125. The number of benzene rings is 1. The van der Waals surface area contributed by atoms with Gasteiger partial charge in [-0.15, -0.1) is 0 Å². The lowest BCUT2D eigenvalue weighted by atomic mass is 10.3. The second kappa shape index (κ2) is 5.16. The van der Waals surface area contributed by atoms with Crippen molar-refractivity contribution in [2.24, 2.45) is 0 Å². The summed E-state index contributed by atoms with van der Waals surface area (Å²) in [5.74, 6) is 0.527. The van der Waals surface area contributed by atoms with Gasteiger partial charge in [-0.25, -0.2) is 0 Å². The third-order valence-corrected chi connectivity index (χ3v) is 3.43. The largest absolute Gasteiger partial charge is 0.440 e. The summed E-state index contributed by atoms with van der Waals surface area (Å²) in [6, 6.07) is 10.2. The summed E-state index contributed by atoms with van der Waals surface area (Å²) in [7, 11) is 0. The monoisotopic (exact) mass is 265 g/mol. The van der Waals surface area contributed by atoms with Crippen molar-refractivity contribution in [2.75, 3.05) is 0 Å². The average molecular weight is 265 g/mol. The molecule has 18 heavy (non-hydrogen) atoms. The Morgan fingerprint density at radius 1 is 1.39 bits per heavy atom. The van der Waals surface area contributed by atoms with Gasteiger partial charge in [-0.3, -0.25) is 10.1 Å². The van der Waals surface area contributed by atoms with Gasteiger partial charge in [-0.1, -0.05) is 29.5 Å². The highest BCUT2D eigenvalue weighted by molar-refractivity contribution is 7.14. The molecule has 94 valence electrons. The molecule has 1 aromatic heterocycles. The number of para-hydroxylation sites is 1. The fourth-order valence-electron chi connectivity index (χ4n) is 1.38. The Labute approximate surface area is 107 Å². The van der Waals surface area contributed by atoms with E-state index in [4.69, 9.17) is 4.74 Å². The molecule has 0 spiro atoms. The first-order chi connectivity index (χ1) is 8.58. The number of nitrogens with zero attached hydrogens (tertiary/aromatic N) is 1. The van der Waals surface area contributed by atoms with Crippen molar-refractivity contribution < 1.29 is 14.8 Å². The van der Waals surface area contributed by atoms with Crippen LogP contribution in [-0.2, 0) is 0 Å². The molecule has 2 aromatic rings. The van der Waals surface area contributed by atoms with Crippen LogP contribution in [0.4, 0.5) is 5.69 Å². The van der Waals surface area contributed by atoms with E-state index < -0.39 is 11.0 Å². The van der Waals surface area contributed by atoms with E-state index in [0.29, 0.717) is 10.6 Å². The summed E-state index contributed by atoms with van der Waals surface area (Å²) < 4.78 is 5.47. The number of hydrogen-bond donors (Lipinski definition) is 1. The maximum atomic E-state index is 10.9. The molecule has 6 heteroatoms. The summed E-state index contributed by atoms with van der Waals surface area (Å²) in [5.41, 5.74) is -0.125. The van der Waals surface area contributed by atoms with E-state index in [-0.39, 0.29) is 10.8 Å². The van der Waals surface area contributed by atoms with Crippen LogP contribution in [-0.4, -0.2) is 10.0 Å². The highest BCUT2D eigenvalue weighted by Gasteiger charge is 2.22. The number of thiophene rings is 1. The van der Waals surface area contributed by atoms with E-state index in [9.17, 15) is 15.2 Å². The average Bonchev–Trinajstić information content (AvgIpc) is 2.74. The number of aliphatic hydroxyl groups excluding tert-OH is 1. The van der Waals surface area contributed by atoms with Crippen LogP contribution in [0.3, 0.4) is 0 Å². The van der Waals surface area contributed by atoms with Crippen LogP contribution in [0.1, 0.15) is 17.9 Å². The third kappa shape index (κ3) is 2.66. The van der Waals surface area contributed by atoms with Gasteiger partial charge in [0.15, 0.2) is 0 Å². The number of rotatable bonds is 4. The van der Waals surface area contributed by atoms with Gasteiger partial charge in [0.2, 0.25) is 0 Å². The van der Waals surface area contributed by atoms with Crippen LogP contribution < -0.4 is 4.74 Å². The predicted molar refractivity (Wildman–Crippen MR) is 68.1 cm³/mol. The fourth-order valence-corrected chi connectivity index (χ4v) is 2.32. The molecule has 0 radical (unpaired) electrons. The number of hydrogen-bond acceptors (Lipinski definition) is 5. The molecule has 0 aliphatic carbocycles. The van der Waals surface area contributed by atoms with Gasteiger partial charge in [0.1, 0.15) is 5.75 Å². The minimum Gasteiger partial charge on any atom is -0.440 e. The first-order valence-corrected chi connectivity index (χ1v) is 6.08. The summed E-state index contributed by atoms with van der Waals surface area (Å²) >= 11 is 1.08. The van der Waals surface area contributed by atoms with Crippen molar-refractivity contribution >= 4 is 17.0 Å². The van der Waals surface area contributed by atoms with E-state index in [0.717, 1.165) is 11.3 Å². The lowest BCUT2D eigenvalue weighted by molar-refractivity contribution is -0.385. The SMILES string of the molecule is CC(O)c1cc([N+](=O)[O-])c(Oc2ccccc2)s1. The molecular formula is C12H11NO4S. The van der Waals surface area contributed by atoms with Crippen LogP contribution in [0.25, 0.3) is 0 Å². The van der Waals surface area contributed by atoms with Crippen molar-refractivity contribution in [1.82, 2.24) is 0 Å². The summed E-state index contributed by atoms with van der Waals surface area (Å²) in [6.07, 6.45) is -0.748. The molecule has 0 saturated carbocycles. The molecule has 1 atom stereocenters. The Morgan fingerprint density at radius 2 is 2.06 bits per heavy atom. The minimum atomic E-state index is -0.748. The van der Waals surface area contributed by atoms with Gasteiger partial charge in [-0.2, -0.15) is 0 Å². The van der Waals surface area contributed by atoms with E-state index in [1.807, 2.05) is 6.07 Å². The van der Waals surface area contributed by atoms with Crippen molar-refractivity contribution in [1.29, 1.82) is 0 Å². The molecule has 1 unspecified atom stereocenters. The quantitative estimate of drug-likeness (QED) is 0.678. The molecule has 0 amide bonds. The third-order valence-electron chi connectivity index (χ3n) is 2.26. The van der Waals surface area contributed by atoms with Gasteiger partial charge in [0, 0.05) is 10.9 Å². The molecule has 0 aliphatic heterocycles. The fraction of sp³-hybridized carbons (Fsp3) is 0.167. The van der Waals surface area contributed by atoms with E-state index in [1.165, 1.54) is 6.07 Å². The molecule has 0 bridgehead atoms. The van der Waals surface area contributed by atoms with Gasteiger partial charge in [0.05, 0.1) is 11.0 Å². The van der Waals surface area contributed by atoms with Crippen LogP contribution in [0.5, 0.6) is 10.8 Å². The zero-order chi connectivity index (χ0) is 13.1. The summed E-state index contributed by atoms with van der Waals surface area (Å²) in [4.78, 5) is 10.9. The highest BCUT2D eigenvalue weighted by Crippen LogP contribution is 2.41. The Hall–Kier alpha value is -1.92. The molecule has 0 fully saturated rings. The molecule has 1 aromatic carbocycles. The lowest BCUT2D eigenvalue weighted by Crippen LogP contribution is -1.89. The number of aliphatic hydroxyl groups is 1. The molecular weight excluding hydrogens is 254 g/mol. The second-order valence-corrected chi connectivity index (χ2v) is 4.72. The molecule has 0 saturated heterocycles. The molecule has 0 aliphatic rings. The van der Waals surface area contributed by atoms with Crippen LogP contribution in [0.15, 0.2) is 36.4 Å². The summed E-state index contributed by atoms with van der Waals surface area (Å²) in [5, 5.41) is 20.5. The Bertz CT molecular complexity index is 550. The number of nitro groups is 1. The van der Waals surface area contributed by atoms with Crippen LogP contribution >= 0.6 is 11.3 Å². The van der Waals surface area contributed by atoms with Crippen molar-refractivity contribution in [3.8, 4) is 10.8 Å². The molecule has 1 N–H and O–H groups in total. The molecule has 5 nitrogen and oxygen atoms in total. The first-order valence-electron chi connectivity index (χ1n) is 5.27.